The minimum absolute atomic E-state index is 0.256. The van der Waals surface area contributed by atoms with Gasteiger partial charge in [-0.2, -0.15) is 0 Å². The molecule has 0 radical (unpaired) electrons. The first-order valence-corrected chi connectivity index (χ1v) is 3.65. The van der Waals surface area contributed by atoms with E-state index in [9.17, 15) is 0 Å². The Morgan fingerprint density at radius 2 is 1.90 bits per heavy atom. The summed E-state index contributed by atoms with van der Waals surface area (Å²) in [4.78, 5) is 0. The molecule has 0 aromatic carbocycles. The van der Waals surface area contributed by atoms with Crippen LogP contribution in [0, 0.1) is 11.3 Å². The average molecular weight is 140 g/mol. The van der Waals surface area contributed by atoms with Crippen LogP contribution >= 0.6 is 0 Å². The van der Waals surface area contributed by atoms with Crippen molar-refractivity contribution in [2.75, 3.05) is 0 Å². The summed E-state index contributed by atoms with van der Waals surface area (Å²) in [5, 5.41) is 7.15. The van der Waals surface area contributed by atoms with Crippen LogP contribution in [-0.2, 0) is 0 Å². The van der Waals surface area contributed by atoms with Gasteiger partial charge in [0.25, 0.3) is 5.84 Å². The molecule has 5 N–H and O–H groups in total. The highest BCUT2D eigenvalue weighted by atomic mass is 14.7. The molecule has 3 nitrogen and oxygen atoms in total. The average Bonchev–Trinajstić information content (AvgIpc) is 1.88. The second-order valence-electron chi connectivity index (χ2n) is 2.85. The van der Waals surface area contributed by atoms with Crippen molar-refractivity contribution in [1.82, 2.24) is 0 Å². The fourth-order valence-corrected chi connectivity index (χ4v) is 1.26. The van der Waals surface area contributed by atoms with Crippen LogP contribution in [0.5, 0.6) is 0 Å². The number of nitrogens with two attached hydrogens (primary N) is 2. The van der Waals surface area contributed by atoms with Crippen LogP contribution in [0.3, 0.4) is 0 Å². The van der Waals surface area contributed by atoms with Gasteiger partial charge in [-0.15, -0.1) is 0 Å². The van der Waals surface area contributed by atoms with Crippen molar-refractivity contribution in [1.29, 1.82) is 5.41 Å². The standard InChI is InChI=1S/C7H14N3/c8-6-3-1-5(2-4-6)7(9)10/h6H,1-4,8H2,(H3,9,10)/q+1. The minimum atomic E-state index is 0.256. The van der Waals surface area contributed by atoms with Gasteiger partial charge >= 0.3 is 0 Å². The zero-order valence-electron chi connectivity index (χ0n) is 6.06. The molecule has 10 heavy (non-hydrogen) atoms. The summed E-state index contributed by atoms with van der Waals surface area (Å²) in [6.45, 7) is 0. The van der Waals surface area contributed by atoms with Crippen LogP contribution in [0.25, 0.3) is 0 Å². The van der Waals surface area contributed by atoms with E-state index in [4.69, 9.17) is 16.9 Å². The van der Waals surface area contributed by atoms with E-state index in [2.05, 4.69) is 0 Å². The summed E-state index contributed by atoms with van der Waals surface area (Å²) in [7, 11) is 0. The molecule has 0 amide bonds. The molecule has 3 heteroatoms. The highest BCUT2D eigenvalue weighted by Gasteiger charge is 2.30. The Balaban J connectivity index is 2.33. The number of rotatable bonds is 1. The molecule has 0 spiro atoms. The molecule has 0 heterocycles. The van der Waals surface area contributed by atoms with Crippen LogP contribution in [0.4, 0.5) is 0 Å². The Hall–Kier alpha value is -0.700. The molecule has 0 atom stereocenters. The topological polar surface area (TPSA) is 75.9 Å². The molecule has 1 aliphatic rings. The highest BCUT2D eigenvalue weighted by molar-refractivity contribution is 5.90. The van der Waals surface area contributed by atoms with E-state index >= 15 is 0 Å². The van der Waals surface area contributed by atoms with Gasteiger partial charge < -0.3 is 11.5 Å². The third-order valence-electron chi connectivity index (χ3n) is 2.01. The molecule has 1 rings (SSSR count). The number of hydrogen-bond donors (Lipinski definition) is 3. The normalized spacial score (nSPS) is 21.1. The Morgan fingerprint density at radius 3 is 2.30 bits per heavy atom. The number of hydrogen-bond acceptors (Lipinski definition) is 2. The van der Waals surface area contributed by atoms with Gasteiger partial charge in [0.15, 0.2) is 5.92 Å². The molecule has 0 saturated heterocycles. The lowest BCUT2D eigenvalue weighted by Crippen LogP contribution is -2.31. The third kappa shape index (κ3) is 1.64. The Labute approximate surface area is 61.3 Å². The van der Waals surface area contributed by atoms with Crippen molar-refractivity contribution in [2.45, 2.75) is 31.7 Å². The van der Waals surface area contributed by atoms with Gasteiger partial charge in [-0.25, -0.2) is 5.41 Å². The maximum Gasteiger partial charge on any atom is 0.284 e. The summed E-state index contributed by atoms with van der Waals surface area (Å²) < 4.78 is 0. The summed E-state index contributed by atoms with van der Waals surface area (Å²) in [5.41, 5.74) is 11.0. The van der Waals surface area contributed by atoms with E-state index in [0.29, 0.717) is 6.04 Å². The molecule has 1 saturated carbocycles. The molecular formula is C7H14N3+. The van der Waals surface area contributed by atoms with E-state index in [1.165, 1.54) is 0 Å². The van der Waals surface area contributed by atoms with Crippen molar-refractivity contribution in [3.05, 3.63) is 5.92 Å². The molecule has 56 valence electrons. The van der Waals surface area contributed by atoms with Crippen LogP contribution in [0.1, 0.15) is 25.7 Å². The highest BCUT2D eigenvalue weighted by Crippen LogP contribution is 2.24. The fourth-order valence-electron chi connectivity index (χ4n) is 1.26. The van der Waals surface area contributed by atoms with Crippen molar-refractivity contribution in [3.63, 3.8) is 0 Å². The van der Waals surface area contributed by atoms with Crippen molar-refractivity contribution >= 4 is 5.84 Å². The monoisotopic (exact) mass is 140 g/mol. The van der Waals surface area contributed by atoms with Gasteiger partial charge in [0, 0.05) is 18.9 Å². The van der Waals surface area contributed by atoms with E-state index in [0.717, 1.165) is 31.6 Å². The zero-order chi connectivity index (χ0) is 7.56. The van der Waals surface area contributed by atoms with Gasteiger partial charge in [-0.05, 0) is 0 Å². The maximum atomic E-state index is 7.15. The molecule has 0 bridgehead atoms. The minimum Gasteiger partial charge on any atom is -0.348 e. The van der Waals surface area contributed by atoms with Crippen molar-refractivity contribution in [2.24, 2.45) is 11.5 Å². The van der Waals surface area contributed by atoms with E-state index < -0.39 is 0 Å². The summed E-state index contributed by atoms with van der Waals surface area (Å²) >= 11 is 0. The lowest BCUT2D eigenvalue weighted by molar-refractivity contribution is 0.488. The van der Waals surface area contributed by atoms with Crippen molar-refractivity contribution < 1.29 is 0 Å². The first-order valence-electron chi connectivity index (χ1n) is 3.65. The first kappa shape index (κ1) is 7.41. The third-order valence-corrected chi connectivity index (χ3v) is 2.01. The quantitative estimate of drug-likeness (QED) is 0.280. The molecular weight excluding hydrogens is 126 g/mol. The van der Waals surface area contributed by atoms with Gasteiger partial charge in [0.05, 0.1) is 0 Å². The lowest BCUT2D eigenvalue weighted by Gasteiger charge is -2.15. The Kier molecular flexibility index (Phi) is 2.17. The van der Waals surface area contributed by atoms with Gasteiger partial charge in [-0.1, -0.05) is 0 Å². The smallest absolute Gasteiger partial charge is 0.284 e. The molecule has 0 unspecified atom stereocenters. The van der Waals surface area contributed by atoms with E-state index in [-0.39, 0.29) is 5.84 Å². The predicted molar refractivity (Wildman–Crippen MR) is 41.6 cm³/mol. The summed E-state index contributed by atoms with van der Waals surface area (Å²) in [6, 6.07) is 0.336. The van der Waals surface area contributed by atoms with Crippen LogP contribution < -0.4 is 11.5 Å². The molecule has 0 aromatic rings. The predicted octanol–water partition coefficient (Wildman–Crippen LogP) is 0.398. The Bertz CT molecular complexity index is 125. The molecule has 1 aliphatic carbocycles. The van der Waals surface area contributed by atoms with Crippen LogP contribution in [0.15, 0.2) is 0 Å². The lowest BCUT2D eigenvalue weighted by atomic mass is 9.86. The second kappa shape index (κ2) is 2.92. The first-order chi connectivity index (χ1) is 4.70. The fraction of sp³-hybridized carbons (Fsp3) is 0.714. The van der Waals surface area contributed by atoms with Gasteiger partial charge in [0.2, 0.25) is 0 Å². The number of nitrogens with one attached hydrogen (secondary N) is 1. The van der Waals surface area contributed by atoms with Gasteiger partial charge in [-0.3, -0.25) is 0 Å². The largest absolute Gasteiger partial charge is 0.348 e. The summed E-state index contributed by atoms with van der Waals surface area (Å²) in [5.74, 6) is 1.34. The van der Waals surface area contributed by atoms with Crippen LogP contribution in [-0.4, -0.2) is 11.9 Å². The zero-order valence-corrected chi connectivity index (χ0v) is 6.06. The van der Waals surface area contributed by atoms with E-state index in [1.807, 2.05) is 0 Å². The number of amidine groups is 1. The Morgan fingerprint density at radius 1 is 1.40 bits per heavy atom. The molecule has 0 aliphatic heterocycles. The second-order valence-corrected chi connectivity index (χ2v) is 2.85. The van der Waals surface area contributed by atoms with Gasteiger partial charge in [0.1, 0.15) is 12.8 Å². The molecule has 0 aromatic heterocycles. The maximum absolute atomic E-state index is 7.15. The SMILES string of the molecule is N=C(N)[C+]1CCC(N)CC1. The van der Waals surface area contributed by atoms with Crippen molar-refractivity contribution in [3.8, 4) is 0 Å². The van der Waals surface area contributed by atoms with Crippen LogP contribution in [0.2, 0.25) is 0 Å². The van der Waals surface area contributed by atoms with E-state index in [1.54, 1.807) is 0 Å². The summed E-state index contributed by atoms with van der Waals surface area (Å²) in [6.07, 6.45) is 3.84. The molecule has 1 fully saturated rings.